The van der Waals surface area contributed by atoms with Crippen molar-refractivity contribution >= 4 is 23.5 Å². The summed E-state index contributed by atoms with van der Waals surface area (Å²) in [6.07, 6.45) is 0.0554. The summed E-state index contributed by atoms with van der Waals surface area (Å²) in [7, 11) is 1.62. The Morgan fingerprint density at radius 2 is 1.76 bits per heavy atom. The van der Waals surface area contributed by atoms with Crippen molar-refractivity contribution in [3.63, 3.8) is 0 Å². The molecule has 0 bridgehead atoms. The van der Waals surface area contributed by atoms with E-state index in [-0.39, 0.29) is 37.4 Å². The first-order chi connectivity index (χ1) is 17.9. The molecule has 2 heterocycles. The standard InChI is InChI=1S/C28H25FN4O4/c1-32-23-17-33(15-14-24(34)30-20-12-10-19(29)11-13-20)27(35)25(23)26(31-28(32)36)18-6-5-9-22(16-18)37-21-7-3-2-4-8-21/h2-13,16,26H,14-15,17H2,1H3,(H,30,34)(H,31,36). The van der Waals surface area contributed by atoms with Crippen molar-refractivity contribution in [3.8, 4) is 11.5 Å². The highest BCUT2D eigenvalue weighted by Crippen LogP contribution is 2.37. The summed E-state index contributed by atoms with van der Waals surface area (Å²) in [4.78, 5) is 41.6. The lowest BCUT2D eigenvalue weighted by Crippen LogP contribution is -2.45. The van der Waals surface area contributed by atoms with Crippen LogP contribution in [0, 0.1) is 5.82 Å². The first kappa shape index (κ1) is 24.1. The molecule has 8 nitrogen and oxygen atoms in total. The van der Waals surface area contributed by atoms with Gasteiger partial charge in [-0.2, -0.15) is 0 Å². The molecule has 1 unspecified atom stereocenters. The monoisotopic (exact) mass is 500 g/mol. The summed E-state index contributed by atoms with van der Waals surface area (Å²) in [5, 5.41) is 5.61. The van der Waals surface area contributed by atoms with Crippen molar-refractivity contribution in [2.24, 2.45) is 0 Å². The lowest BCUT2D eigenvalue weighted by Gasteiger charge is -2.31. The molecule has 3 aromatic carbocycles. The van der Waals surface area contributed by atoms with Crippen LogP contribution >= 0.6 is 0 Å². The van der Waals surface area contributed by atoms with Gasteiger partial charge in [-0.1, -0.05) is 30.3 Å². The molecule has 2 aliphatic rings. The quantitative estimate of drug-likeness (QED) is 0.502. The Hall–Kier alpha value is -4.66. The Morgan fingerprint density at radius 1 is 1.03 bits per heavy atom. The number of amides is 4. The fraction of sp³-hybridized carbons (Fsp3) is 0.179. The maximum Gasteiger partial charge on any atom is 0.322 e. The number of anilines is 1. The Labute approximate surface area is 213 Å². The molecule has 2 aliphatic heterocycles. The van der Waals surface area contributed by atoms with Crippen molar-refractivity contribution in [2.75, 3.05) is 25.5 Å². The minimum Gasteiger partial charge on any atom is -0.457 e. The van der Waals surface area contributed by atoms with Gasteiger partial charge in [0, 0.05) is 25.7 Å². The van der Waals surface area contributed by atoms with Crippen LogP contribution in [0.3, 0.4) is 0 Å². The zero-order valence-corrected chi connectivity index (χ0v) is 20.1. The molecular formula is C28H25FN4O4. The van der Waals surface area contributed by atoms with E-state index >= 15 is 0 Å². The van der Waals surface area contributed by atoms with E-state index in [1.54, 1.807) is 18.0 Å². The molecule has 3 aromatic rings. The average molecular weight is 501 g/mol. The second kappa shape index (κ2) is 10.1. The van der Waals surface area contributed by atoms with E-state index in [0.29, 0.717) is 34.0 Å². The number of nitrogens with one attached hydrogen (secondary N) is 2. The molecule has 5 rings (SSSR count). The van der Waals surface area contributed by atoms with E-state index in [4.69, 9.17) is 4.74 Å². The highest BCUT2D eigenvalue weighted by Gasteiger charge is 2.42. The summed E-state index contributed by atoms with van der Waals surface area (Å²) in [6.45, 7) is 0.392. The number of hydrogen-bond acceptors (Lipinski definition) is 4. The second-order valence-electron chi connectivity index (χ2n) is 8.82. The largest absolute Gasteiger partial charge is 0.457 e. The normalized spacial score (nSPS) is 17.0. The molecule has 0 spiro atoms. The number of carbonyl (C=O) groups is 3. The lowest BCUT2D eigenvalue weighted by atomic mass is 9.95. The van der Waals surface area contributed by atoms with Crippen LogP contribution in [0.25, 0.3) is 0 Å². The second-order valence-corrected chi connectivity index (χ2v) is 8.82. The van der Waals surface area contributed by atoms with Crippen LogP contribution in [0.4, 0.5) is 14.9 Å². The lowest BCUT2D eigenvalue weighted by molar-refractivity contribution is -0.126. The predicted molar refractivity (Wildman–Crippen MR) is 135 cm³/mol. The summed E-state index contributed by atoms with van der Waals surface area (Å²) >= 11 is 0. The number of rotatable bonds is 7. The van der Waals surface area contributed by atoms with Crippen molar-refractivity contribution < 1.29 is 23.5 Å². The van der Waals surface area contributed by atoms with Gasteiger partial charge in [0.1, 0.15) is 17.3 Å². The van der Waals surface area contributed by atoms with E-state index in [1.165, 1.54) is 29.2 Å². The van der Waals surface area contributed by atoms with Crippen LogP contribution in [0.5, 0.6) is 11.5 Å². The Bertz CT molecular complexity index is 1370. The number of nitrogens with zero attached hydrogens (tertiary/aromatic N) is 2. The number of likely N-dealkylation sites (N-methyl/N-ethyl adjacent to an activating group) is 1. The van der Waals surface area contributed by atoms with Gasteiger partial charge in [-0.05, 0) is 54.1 Å². The molecule has 188 valence electrons. The van der Waals surface area contributed by atoms with Gasteiger partial charge >= 0.3 is 6.03 Å². The van der Waals surface area contributed by atoms with Crippen LogP contribution in [-0.2, 0) is 9.59 Å². The molecule has 0 fully saturated rings. The van der Waals surface area contributed by atoms with Gasteiger partial charge in [-0.25, -0.2) is 9.18 Å². The molecule has 0 aromatic heterocycles. The third-order valence-corrected chi connectivity index (χ3v) is 6.34. The highest BCUT2D eigenvalue weighted by molar-refractivity contribution is 6.01. The summed E-state index contributed by atoms with van der Waals surface area (Å²) < 4.78 is 19.0. The number of para-hydroxylation sites is 1. The third-order valence-electron chi connectivity index (χ3n) is 6.34. The molecule has 0 aliphatic carbocycles. The molecule has 1 atom stereocenters. The van der Waals surface area contributed by atoms with E-state index in [1.807, 2.05) is 48.5 Å². The van der Waals surface area contributed by atoms with Crippen LogP contribution in [-0.4, -0.2) is 47.8 Å². The van der Waals surface area contributed by atoms with Crippen molar-refractivity contribution in [1.29, 1.82) is 0 Å². The Morgan fingerprint density at radius 3 is 2.51 bits per heavy atom. The van der Waals surface area contributed by atoms with Gasteiger partial charge in [-0.3, -0.25) is 14.5 Å². The molecule has 37 heavy (non-hydrogen) atoms. The number of benzene rings is 3. The molecule has 0 saturated heterocycles. The number of hydrogen-bond donors (Lipinski definition) is 2. The van der Waals surface area contributed by atoms with Crippen LogP contribution in [0.15, 0.2) is 90.1 Å². The molecular weight excluding hydrogens is 475 g/mol. The van der Waals surface area contributed by atoms with Gasteiger partial charge in [0.2, 0.25) is 5.91 Å². The van der Waals surface area contributed by atoms with Crippen LogP contribution < -0.4 is 15.4 Å². The molecule has 2 N–H and O–H groups in total. The van der Waals surface area contributed by atoms with Gasteiger partial charge in [-0.15, -0.1) is 0 Å². The average Bonchev–Trinajstić information content (AvgIpc) is 3.23. The Balaban J connectivity index is 1.31. The minimum atomic E-state index is -0.649. The third kappa shape index (κ3) is 5.16. The van der Waals surface area contributed by atoms with E-state index < -0.39 is 11.9 Å². The molecule has 9 heteroatoms. The number of urea groups is 1. The first-order valence-corrected chi connectivity index (χ1v) is 11.8. The maximum atomic E-state index is 13.4. The summed E-state index contributed by atoms with van der Waals surface area (Å²) in [6, 6.07) is 21.1. The summed E-state index contributed by atoms with van der Waals surface area (Å²) in [5.74, 6) is 0.328. The SMILES string of the molecule is CN1C(=O)NC(c2cccc(Oc3ccccc3)c2)C2=C1CN(CCC(=O)Nc1ccc(F)cc1)C2=O. The maximum absolute atomic E-state index is 13.4. The topological polar surface area (TPSA) is 91.0 Å². The number of ether oxygens (including phenoxy) is 1. The zero-order valence-electron chi connectivity index (χ0n) is 20.1. The molecule has 0 saturated carbocycles. The summed E-state index contributed by atoms with van der Waals surface area (Å²) in [5.41, 5.74) is 2.26. The van der Waals surface area contributed by atoms with E-state index in [2.05, 4.69) is 10.6 Å². The zero-order chi connectivity index (χ0) is 25.9. The molecule has 0 radical (unpaired) electrons. The minimum absolute atomic E-state index is 0.0554. The van der Waals surface area contributed by atoms with Gasteiger partial charge < -0.3 is 20.3 Å². The first-order valence-electron chi connectivity index (χ1n) is 11.8. The van der Waals surface area contributed by atoms with E-state index in [0.717, 1.165) is 0 Å². The van der Waals surface area contributed by atoms with Gasteiger partial charge in [0.05, 0.1) is 23.9 Å². The van der Waals surface area contributed by atoms with Crippen LogP contribution in [0.2, 0.25) is 0 Å². The van der Waals surface area contributed by atoms with Gasteiger partial charge in [0.15, 0.2) is 0 Å². The highest BCUT2D eigenvalue weighted by atomic mass is 19.1. The van der Waals surface area contributed by atoms with Crippen molar-refractivity contribution in [2.45, 2.75) is 12.5 Å². The van der Waals surface area contributed by atoms with Crippen molar-refractivity contribution in [1.82, 2.24) is 15.1 Å². The fourth-order valence-electron chi connectivity index (χ4n) is 4.43. The van der Waals surface area contributed by atoms with Gasteiger partial charge in [0.25, 0.3) is 5.91 Å². The number of halogens is 1. The fourth-order valence-corrected chi connectivity index (χ4v) is 4.43. The number of carbonyl (C=O) groups excluding carboxylic acids is 3. The van der Waals surface area contributed by atoms with E-state index in [9.17, 15) is 18.8 Å². The molecule has 4 amide bonds. The van der Waals surface area contributed by atoms with Crippen molar-refractivity contribution in [3.05, 3.63) is 102 Å². The smallest absolute Gasteiger partial charge is 0.322 e. The predicted octanol–water partition coefficient (Wildman–Crippen LogP) is 4.44. The van der Waals surface area contributed by atoms with Crippen LogP contribution in [0.1, 0.15) is 18.0 Å². The Kier molecular flexibility index (Phi) is 6.59.